The van der Waals surface area contributed by atoms with Crippen LogP contribution in [0.15, 0.2) is 46.9 Å². The van der Waals surface area contributed by atoms with Crippen molar-refractivity contribution in [2.45, 2.75) is 38.3 Å². The zero-order valence-electron chi connectivity index (χ0n) is 15.0. The minimum absolute atomic E-state index is 0.583. The first-order valence-corrected chi connectivity index (χ1v) is 10.7. The lowest BCUT2D eigenvalue weighted by Gasteiger charge is -2.37. The summed E-state index contributed by atoms with van der Waals surface area (Å²) in [6.45, 7) is 2.03. The van der Waals surface area contributed by atoms with Gasteiger partial charge < -0.3 is 4.98 Å². The quantitative estimate of drug-likeness (QED) is 0.575. The molecule has 1 aromatic heterocycles. The van der Waals surface area contributed by atoms with Crippen LogP contribution in [0.1, 0.15) is 28.9 Å². The maximum Gasteiger partial charge on any atom is 0.139 e. The van der Waals surface area contributed by atoms with E-state index in [0.29, 0.717) is 6.04 Å². The lowest BCUT2D eigenvalue weighted by Crippen LogP contribution is -2.42. The van der Waals surface area contributed by atoms with Gasteiger partial charge >= 0.3 is 0 Å². The third-order valence-electron chi connectivity index (χ3n) is 5.88. The average molecular weight is 443 g/mol. The summed E-state index contributed by atoms with van der Waals surface area (Å²) in [6.07, 6.45) is 4.46. The highest BCUT2D eigenvalue weighted by Gasteiger charge is 2.29. The van der Waals surface area contributed by atoms with Crippen molar-refractivity contribution in [3.63, 3.8) is 0 Å². The van der Waals surface area contributed by atoms with Crippen molar-refractivity contribution in [2.75, 3.05) is 6.54 Å². The van der Waals surface area contributed by atoms with Gasteiger partial charge in [0.1, 0.15) is 5.82 Å². The number of nitrogens with one attached hydrogen (secondary N) is 1. The molecule has 138 valence electrons. The van der Waals surface area contributed by atoms with Gasteiger partial charge in [0.05, 0.1) is 11.4 Å². The Morgan fingerprint density at radius 1 is 1.11 bits per heavy atom. The van der Waals surface area contributed by atoms with E-state index in [2.05, 4.69) is 56.1 Å². The molecule has 0 bridgehead atoms. The number of benzene rings is 2. The Balaban J connectivity index is 1.37. The van der Waals surface area contributed by atoms with Crippen molar-refractivity contribution in [3.8, 4) is 11.4 Å². The predicted octanol–water partition coefficient (Wildman–Crippen LogP) is 5.41. The van der Waals surface area contributed by atoms with Crippen LogP contribution in [-0.2, 0) is 25.8 Å². The van der Waals surface area contributed by atoms with Gasteiger partial charge in [-0.2, -0.15) is 0 Å². The monoisotopic (exact) mass is 441 g/mol. The molecule has 3 aromatic rings. The summed E-state index contributed by atoms with van der Waals surface area (Å²) in [5, 5.41) is 0.849. The number of aryl methyl sites for hydroxylation is 1. The van der Waals surface area contributed by atoms with E-state index in [1.54, 1.807) is 0 Å². The molecule has 0 fully saturated rings. The molecule has 27 heavy (non-hydrogen) atoms. The van der Waals surface area contributed by atoms with Gasteiger partial charge in [-0.05, 0) is 48.6 Å². The summed E-state index contributed by atoms with van der Waals surface area (Å²) in [6, 6.07) is 15.2. The standard InChI is InChI=1S/C22H21BrClN3/c23-19-4-2-1-3-18(19)22-25-20-9-10-27(13-21(20)26-22)17-8-6-14-5-7-16(24)11-15(14)12-17/h1-5,7,11,17H,6,8-10,12-13H2,(H,25,26). The molecule has 1 atom stereocenters. The van der Waals surface area contributed by atoms with Gasteiger partial charge in [0.2, 0.25) is 0 Å². The second kappa shape index (κ2) is 7.08. The van der Waals surface area contributed by atoms with Gasteiger partial charge in [-0.1, -0.05) is 51.8 Å². The molecular formula is C22H21BrClN3. The molecule has 1 unspecified atom stereocenters. The van der Waals surface area contributed by atoms with E-state index >= 15 is 0 Å². The van der Waals surface area contributed by atoms with Crippen LogP contribution in [0.5, 0.6) is 0 Å². The number of nitrogens with zero attached hydrogens (tertiary/aromatic N) is 2. The van der Waals surface area contributed by atoms with Gasteiger partial charge in [-0.15, -0.1) is 0 Å². The van der Waals surface area contributed by atoms with Crippen LogP contribution in [0.2, 0.25) is 5.02 Å². The second-order valence-electron chi connectivity index (χ2n) is 7.52. The summed E-state index contributed by atoms with van der Waals surface area (Å²) in [7, 11) is 0. The van der Waals surface area contributed by atoms with Gasteiger partial charge in [0, 0.05) is 40.6 Å². The highest BCUT2D eigenvalue weighted by molar-refractivity contribution is 9.10. The Morgan fingerprint density at radius 2 is 2.00 bits per heavy atom. The van der Waals surface area contributed by atoms with E-state index in [-0.39, 0.29) is 0 Å². The lowest BCUT2D eigenvalue weighted by molar-refractivity contribution is 0.160. The maximum atomic E-state index is 6.22. The molecular weight excluding hydrogens is 422 g/mol. The summed E-state index contributed by atoms with van der Waals surface area (Å²) in [4.78, 5) is 11.1. The Hall–Kier alpha value is -1.62. The van der Waals surface area contributed by atoms with Crippen LogP contribution < -0.4 is 0 Å². The van der Waals surface area contributed by atoms with Crippen LogP contribution in [0, 0.1) is 0 Å². The molecule has 1 aliphatic heterocycles. The van der Waals surface area contributed by atoms with Gasteiger partial charge in [0.25, 0.3) is 0 Å². The van der Waals surface area contributed by atoms with E-state index in [1.807, 2.05) is 12.1 Å². The molecule has 5 rings (SSSR count). The van der Waals surface area contributed by atoms with E-state index in [1.165, 1.54) is 28.9 Å². The summed E-state index contributed by atoms with van der Waals surface area (Å²) in [5.41, 5.74) is 6.49. The first-order chi connectivity index (χ1) is 13.2. The van der Waals surface area contributed by atoms with Gasteiger partial charge in [0.15, 0.2) is 0 Å². The minimum atomic E-state index is 0.583. The molecule has 2 heterocycles. The molecule has 0 saturated heterocycles. The number of aromatic nitrogens is 2. The molecule has 0 spiro atoms. The molecule has 2 aliphatic rings. The highest BCUT2D eigenvalue weighted by atomic mass is 79.9. The molecule has 0 radical (unpaired) electrons. The molecule has 1 N–H and O–H groups in total. The number of fused-ring (bicyclic) bond motifs is 2. The number of rotatable bonds is 2. The maximum absolute atomic E-state index is 6.22. The average Bonchev–Trinajstić information content (AvgIpc) is 3.10. The lowest BCUT2D eigenvalue weighted by atomic mass is 9.87. The zero-order valence-corrected chi connectivity index (χ0v) is 17.4. The van der Waals surface area contributed by atoms with E-state index in [4.69, 9.17) is 16.6 Å². The molecule has 0 saturated carbocycles. The largest absolute Gasteiger partial charge is 0.341 e. The van der Waals surface area contributed by atoms with Gasteiger partial charge in [-0.3, -0.25) is 4.90 Å². The van der Waals surface area contributed by atoms with Crippen LogP contribution in [-0.4, -0.2) is 27.5 Å². The molecule has 2 aromatic carbocycles. The molecule has 5 heteroatoms. The molecule has 1 aliphatic carbocycles. The number of hydrogen-bond acceptors (Lipinski definition) is 2. The SMILES string of the molecule is Clc1ccc2c(c1)CC(N1CCc3nc(-c4ccccc4Br)[nH]c3C1)CC2. The number of aromatic amines is 1. The van der Waals surface area contributed by atoms with Crippen molar-refractivity contribution in [1.29, 1.82) is 0 Å². The Kier molecular flexibility index (Phi) is 4.58. The Morgan fingerprint density at radius 3 is 2.89 bits per heavy atom. The molecule has 0 amide bonds. The second-order valence-corrected chi connectivity index (χ2v) is 8.81. The fourth-order valence-electron chi connectivity index (χ4n) is 4.43. The fraction of sp³-hybridized carbons (Fsp3) is 0.318. The van der Waals surface area contributed by atoms with Crippen molar-refractivity contribution >= 4 is 27.5 Å². The zero-order chi connectivity index (χ0) is 18.4. The van der Waals surface area contributed by atoms with Crippen LogP contribution in [0.4, 0.5) is 0 Å². The minimum Gasteiger partial charge on any atom is -0.341 e. The van der Waals surface area contributed by atoms with E-state index in [0.717, 1.165) is 53.2 Å². The van der Waals surface area contributed by atoms with Gasteiger partial charge in [-0.25, -0.2) is 4.98 Å². The topological polar surface area (TPSA) is 31.9 Å². The predicted molar refractivity (Wildman–Crippen MR) is 113 cm³/mol. The number of halogens is 2. The highest BCUT2D eigenvalue weighted by Crippen LogP contribution is 2.32. The Bertz CT molecular complexity index is 997. The summed E-state index contributed by atoms with van der Waals surface area (Å²) < 4.78 is 1.08. The van der Waals surface area contributed by atoms with Crippen LogP contribution in [0.25, 0.3) is 11.4 Å². The van der Waals surface area contributed by atoms with E-state index < -0.39 is 0 Å². The normalized spacial score (nSPS) is 19.6. The summed E-state index contributed by atoms with van der Waals surface area (Å²) in [5.74, 6) is 0.968. The first-order valence-electron chi connectivity index (χ1n) is 9.51. The van der Waals surface area contributed by atoms with Crippen LogP contribution >= 0.6 is 27.5 Å². The summed E-state index contributed by atoms with van der Waals surface area (Å²) >= 11 is 9.86. The van der Waals surface area contributed by atoms with E-state index in [9.17, 15) is 0 Å². The van der Waals surface area contributed by atoms with Crippen molar-refractivity contribution < 1.29 is 0 Å². The van der Waals surface area contributed by atoms with Crippen molar-refractivity contribution in [3.05, 3.63) is 74.5 Å². The number of H-pyrrole nitrogens is 1. The fourth-order valence-corrected chi connectivity index (χ4v) is 5.09. The Labute approximate surface area is 172 Å². The third kappa shape index (κ3) is 3.35. The number of imidazole rings is 1. The van der Waals surface area contributed by atoms with Crippen LogP contribution in [0.3, 0.4) is 0 Å². The van der Waals surface area contributed by atoms with Crippen molar-refractivity contribution in [2.24, 2.45) is 0 Å². The smallest absolute Gasteiger partial charge is 0.139 e. The number of hydrogen-bond donors (Lipinski definition) is 1. The van der Waals surface area contributed by atoms with Crippen molar-refractivity contribution in [1.82, 2.24) is 14.9 Å². The molecule has 3 nitrogen and oxygen atoms in total. The first kappa shape index (κ1) is 17.5. The third-order valence-corrected chi connectivity index (χ3v) is 6.80.